The third kappa shape index (κ3) is 4.56. The summed E-state index contributed by atoms with van der Waals surface area (Å²) in [5.41, 5.74) is 3.04. The first-order chi connectivity index (χ1) is 15.5. The van der Waals surface area contributed by atoms with E-state index >= 15 is 0 Å². The molecule has 32 heavy (non-hydrogen) atoms. The highest BCUT2D eigenvalue weighted by atomic mass is 19.1. The number of aromatic nitrogens is 2. The Labute approximate surface area is 186 Å². The van der Waals surface area contributed by atoms with Crippen LogP contribution in [0.1, 0.15) is 24.0 Å². The number of rotatable bonds is 6. The molecule has 3 N–H and O–H groups in total. The minimum atomic E-state index is -0.576. The zero-order valence-corrected chi connectivity index (χ0v) is 17.8. The number of carbonyl (C=O) groups is 1. The van der Waals surface area contributed by atoms with Gasteiger partial charge in [0.05, 0.1) is 18.4 Å². The molecular formula is C23H26FN7O. The number of nitrogens with zero attached hydrogens (tertiary/aromatic N) is 5. The number of fused-ring (bicyclic) bond motifs is 1. The van der Waals surface area contributed by atoms with Gasteiger partial charge in [-0.15, -0.1) is 6.42 Å². The van der Waals surface area contributed by atoms with Gasteiger partial charge in [0.2, 0.25) is 11.9 Å². The van der Waals surface area contributed by atoms with Crippen LogP contribution in [0.5, 0.6) is 0 Å². The van der Waals surface area contributed by atoms with Crippen molar-refractivity contribution in [2.75, 3.05) is 30.0 Å². The lowest BCUT2D eigenvalue weighted by Crippen LogP contribution is -2.44. The number of hydrogen-bond donors (Lipinski definition) is 2. The van der Waals surface area contributed by atoms with Crippen molar-refractivity contribution in [2.24, 2.45) is 5.84 Å². The van der Waals surface area contributed by atoms with E-state index in [0.717, 1.165) is 37.7 Å². The highest BCUT2D eigenvalue weighted by molar-refractivity contribution is 5.87. The lowest BCUT2D eigenvalue weighted by atomic mass is 10.1. The number of piperidine rings is 1. The Hall–Kier alpha value is -3.48. The summed E-state index contributed by atoms with van der Waals surface area (Å²) in [5, 5.41) is 4.44. The molecule has 1 saturated heterocycles. The number of hydrogen-bond acceptors (Lipinski definition) is 7. The van der Waals surface area contributed by atoms with Gasteiger partial charge in [0.25, 0.3) is 0 Å². The number of amides is 1. The van der Waals surface area contributed by atoms with Crippen molar-refractivity contribution >= 4 is 23.4 Å². The second-order valence-electron chi connectivity index (χ2n) is 8.01. The fourth-order valence-electron chi connectivity index (χ4n) is 4.15. The van der Waals surface area contributed by atoms with Crippen LogP contribution in [0.15, 0.2) is 37.1 Å². The lowest BCUT2D eigenvalue weighted by molar-refractivity contribution is -0.127. The van der Waals surface area contributed by atoms with Crippen molar-refractivity contribution in [2.45, 2.75) is 32.0 Å². The molecule has 0 aliphatic carbocycles. The highest BCUT2D eigenvalue weighted by Crippen LogP contribution is 2.29. The zero-order valence-electron chi connectivity index (χ0n) is 17.8. The van der Waals surface area contributed by atoms with Crippen molar-refractivity contribution in [1.82, 2.24) is 19.8 Å². The summed E-state index contributed by atoms with van der Waals surface area (Å²) in [6.45, 7) is 6.79. The van der Waals surface area contributed by atoms with E-state index in [9.17, 15) is 9.18 Å². The quantitative estimate of drug-likeness (QED) is 0.311. The number of nitrogens with two attached hydrogens (primary N) is 1. The summed E-state index contributed by atoms with van der Waals surface area (Å²) in [7, 11) is 0. The maximum atomic E-state index is 14.4. The second kappa shape index (κ2) is 9.34. The summed E-state index contributed by atoms with van der Waals surface area (Å²) in [6, 6.07) is 5.75. The van der Waals surface area contributed by atoms with Gasteiger partial charge >= 0.3 is 0 Å². The van der Waals surface area contributed by atoms with E-state index < -0.39 is 5.82 Å². The monoisotopic (exact) mass is 435 g/mol. The summed E-state index contributed by atoms with van der Waals surface area (Å²) in [5.74, 6) is 8.47. The normalized spacial score (nSPS) is 18.0. The van der Waals surface area contributed by atoms with E-state index in [1.165, 1.54) is 16.6 Å². The Morgan fingerprint density at radius 1 is 1.44 bits per heavy atom. The molecule has 0 radical (unpaired) electrons. The molecule has 0 saturated carbocycles. The van der Waals surface area contributed by atoms with Gasteiger partial charge in [-0.05, 0) is 42.2 Å². The summed E-state index contributed by atoms with van der Waals surface area (Å²) in [4.78, 5) is 24.1. The molecular weight excluding hydrogens is 409 g/mol. The molecule has 0 bridgehead atoms. The molecule has 4 rings (SSSR count). The van der Waals surface area contributed by atoms with Gasteiger partial charge in [-0.3, -0.25) is 9.69 Å². The third-order valence-electron chi connectivity index (χ3n) is 5.77. The van der Waals surface area contributed by atoms with Gasteiger partial charge in [0.15, 0.2) is 11.6 Å². The van der Waals surface area contributed by atoms with Crippen LogP contribution < -0.4 is 16.2 Å². The summed E-state index contributed by atoms with van der Waals surface area (Å²) < 4.78 is 14.4. The van der Waals surface area contributed by atoms with Gasteiger partial charge in [0, 0.05) is 32.2 Å². The number of anilines is 3. The van der Waals surface area contributed by atoms with E-state index in [-0.39, 0.29) is 23.7 Å². The maximum Gasteiger partial charge on any atom is 0.246 e. The van der Waals surface area contributed by atoms with Crippen LogP contribution in [-0.4, -0.2) is 51.4 Å². The van der Waals surface area contributed by atoms with E-state index in [1.807, 2.05) is 18.2 Å². The number of carbonyl (C=O) groups excluding carboxylic acids is 1. The Balaban J connectivity index is 1.49. The topological polar surface area (TPSA) is 90.6 Å². The Bertz CT molecular complexity index is 1070. The SMILES string of the molecule is C#CCN1Cc2ccc(N(N)c3ncc(F)c(N[C@@H]4CCCN(C(=O)C=C)C4)n3)cc2C1. The predicted octanol–water partition coefficient (Wildman–Crippen LogP) is 2.17. The minimum Gasteiger partial charge on any atom is -0.363 e. The van der Waals surface area contributed by atoms with Gasteiger partial charge < -0.3 is 10.2 Å². The Kier molecular flexibility index (Phi) is 6.35. The first-order valence-electron chi connectivity index (χ1n) is 10.5. The molecule has 2 aliphatic rings. The van der Waals surface area contributed by atoms with Crippen molar-refractivity contribution in [3.8, 4) is 12.3 Å². The van der Waals surface area contributed by atoms with E-state index in [4.69, 9.17) is 12.3 Å². The third-order valence-corrected chi connectivity index (χ3v) is 5.77. The highest BCUT2D eigenvalue weighted by Gasteiger charge is 2.24. The number of halogens is 1. The van der Waals surface area contributed by atoms with Gasteiger partial charge in [-0.1, -0.05) is 18.6 Å². The number of terminal acetylenes is 1. The average molecular weight is 436 g/mol. The first kappa shape index (κ1) is 21.7. The van der Waals surface area contributed by atoms with Crippen molar-refractivity contribution in [1.29, 1.82) is 0 Å². The van der Waals surface area contributed by atoms with Crippen LogP contribution in [0, 0.1) is 18.2 Å². The molecule has 2 aliphatic heterocycles. The van der Waals surface area contributed by atoms with Gasteiger partial charge in [-0.2, -0.15) is 4.98 Å². The lowest BCUT2D eigenvalue weighted by Gasteiger charge is -2.33. The molecule has 2 aromatic rings. The molecule has 1 amide bonds. The predicted molar refractivity (Wildman–Crippen MR) is 121 cm³/mol. The van der Waals surface area contributed by atoms with E-state index in [1.54, 1.807) is 4.90 Å². The van der Waals surface area contributed by atoms with Crippen molar-refractivity contribution < 1.29 is 9.18 Å². The van der Waals surface area contributed by atoms with Crippen LogP contribution in [0.3, 0.4) is 0 Å². The second-order valence-corrected chi connectivity index (χ2v) is 8.01. The number of hydrazine groups is 1. The van der Waals surface area contributed by atoms with Gasteiger partial charge in [0.1, 0.15) is 0 Å². The van der Waals surface area contributed by atoms with Gasteiger partial charge in [-0.25, -0.2) is 20.2 Å². The molecule has 1 aromatic heterocycles. The first-order valence-corrected chi connectivity index (χ1v) is 10.5. The zero-order chi connectivity index (χ0) is 22.7. The number of nitrogens with one attached hydrogen (secondary N) is 1. The number of likely N-dealkylation sites (tertiary alicyclic amines) is 1. The van der Waals surface area contributed by atoms with Crippen molar-refractivity contribution in [3.63, 3.8) is 0 Å². The molecule has 1 fully saturated rings. The fourth-order valence-corrected chi connectivity index (χ4v) is 4.15. The fraction of sp³-hybridized carbons (Fsp3) is 0.348. The van der Waals surface area contributed by atoms with E-state index in [2.05, 4.69) is 32.7 Å². The van der Waals surface area contributed by atoms with Crippen molar-refractivity contribution in [3.05, 3.63) is 54.0 Å². The van der Waals surface area contributed by atoms with Crippen LogP contribution in [0.25, 0.3) is 0 Å². The molecule has 9 heteroatoms. The molecule has 166 valence electrons. The number of benzene rings is 1. The Morgan fingerprint density at radius 3 is 3.03 bits per heavy atom. The standard InChI is InChI=1S/C23H26FN7O/c1-3-9-29-13-16-7-8-19(11-17(16)14-29)31(25)23-26-12-20(24)22(28-23)27-18-6-5-10-30(15-18)21(32)4-2/h1,4,7-8,11-12,18H,2,5-6,9-10,13-15,25H2,(H,26,27,28)/t18-/m1/s1. The van der Waals surface area contributed by atoms with Crippen LogP contribution >= 0.6 is 0 Å². The summed E-state index contributed by atoms with van der Waals surface area (Å²) >= 11 is 0. The Morgan fingerprint density at radius 2 is 2.25 bits per heavy atom. The smallest absolute Gasteiger partial charge is 0.246 e. The maximum absolute atomic E-state index is 14.4. The summed E-state index contributed by atoms with van der Waals surface area (Å²) in [6.07, 6.45) is 9.42. The minimum absolute atomic E-state index is 0.0599. The molecule has 1 aromatic carbocycles. The van der Waals surface area contributed by atoms with E-state index in [0.29, 0.717) is 25.3 Å². The van der Waals surface area contributed by atoms with Crippen LogP contribution in [-0.2, 0) is 17.9 Å². The molecule has 8 nitrogen and oxygen atoms in total. The van der Waals surface area contributed by atoms with Crippen LogP contribution in [0.4, 0.5) is 21.8 Å². The largest absolute Gasteiger partial charge is 0.363 e. The van der Waals surface area contributed by atoms with Crippen LogP contribution in [0.2, 0.25) is 0 Å². The molecule has 0 spiro atoms. The molecule has 1 atom stereocenters. The average Bonchev–Trinajstić information content (AvgIpc) is 3.21. The molecule has 0 unspecified atom stereocenters. The molecule has 3 heterocycles.